The Morgan fingerprint density at radius 1 is 1.06 bits per heavy atom. The number of carbonyl (C=O) groups is 1. The van der Waals surface area contributed by atoms with Crippen molar-refractivity contribution in [2.45, 2.75) is 13.1 Å². The minimum atomic E-state index is -0.391. The van der Waals surface area contributed by atoms with Crippen LogP contribution in [0.4, 0.5) is 0 Å². The summed E-state index contributed by atoms with van der Waals surface area (Å²) in [5, 5.41) is 6.26. The fourth-order valence-corrected chi connectivity index (χ4v) is 3.80. The molecule has 0 aliphatic rings. The Balaban J connectivity index is 1.50. The molecule has 0 atom stereocenters. The number of hydrazine groups is 1. The van der Waals surface area contributed by atoms with E-state index in [-0.39, 0.29) is 5.70 Å². The van der Waals surface area contributed by atoms with Gasteiger partial charge in [0.05, 0.1) is 13.7 Å². The molecule has 172 valence electrons. The second kappa shape index (κ2) is 10.5. The minimum absolute atomic E-state index is 0.0360. The second-order valence-electron chi connectivity index (χ2n) is 7.85. The number of pyridine rings is 1. The molecule has 1 heterocycles. The highest BCUT2D eigenvalue weighted by Gasteiger charge is 2.11. The smallest absolute Gasteiger partial charge is 0.268 e. The maximum absolute atomic E-state index is 12.6. The number of rotatable bonds is 8. The molecular formula is C27H27N5O2. The number of hydrogen-bond donors (Lipinski definition) is 3. The van der Waals surface area contributed by atoms with Gasteiger partial charge in [0.15, 0.2) is 0 Å². The molecule has 1 amide bonds. The van der Waals surface area contributed by atoms with E-state index in [1.807, 2.05) is 72.8 Å². The van der Waals surface area contributed by atoms with Crippen molar-refractivity contribution in [3.8, 4) is 16.9 Å². The number of methoxy groups -OCH3 is 1. The van der Waals surface area contributed by atoms with Crippen LogP contribution in [0.2, 0.25) is 0 Å². The molecule has 0 fully saturated rings. The van der Waals surface area contributed by atoms with Gasteiger partial charge in [0.25, 0.3) is 5.91 Å². The summed E-state index contributed by atoms with van der Waals surface area (Å²) in [5.74, 6) is 6.40. The fourth-order valence-electron chi connectivity index (χ4n) is 3.80. The minimum Gasteiger partial charge on any atom is -0.497 e. The van der Waals surface area contributed by atoms with E-state index >= 15 is 0 Å². The molecule has 0 unspecified atom stereocenters. The average molecular weight is 454 g/mol. The first-order chi connectivity index (χ1) is 16.5. The first-order valence-corrected chi connectivity index (χ1v) is 10.9. The molecule has 0 saturated heterocycles. The van der Waals surface area contributed by atoms with Gasteiger partial charge in [0.2, 0.25) is 0 Å². The van der Waals surface area contributed by atoms with E-state index in [4.69, 9.17) is 16.3 Å². The van der Waals surface area contributed by atoms with Gasteiger partial charge in [-0.1, -0.05) is 54.6 Å². The Hall–Kier alpha value is -4.36. The molecule has 0 spiro atoms. The van der Waals surface area contributed by atoms with Crippen LogP contribution in [0, 0.1) is 0 Å². The Morgan fingerprint density at radius 2 is 1.88 bits per heavy atom. The normalized spacial score (nSPS) is 11.3. The molecule has 0 aliphatic heterocycles. The number of nitrogens with zero attached hydrogens (tertiary/aromatic N) is 2. The molecule has 7 nitrogen and oxygen atoms in total. The van der Waals surface area contributed by atoms with Gasteiger partial charge in [-0.05, 0) is 45.8 Å². The molecule has 0 radical (unpaired) electrons. The Bertz CT molecular complexity index is 1320. The summed E-state index contributed by atoms with van der Waals surface area (Å²) in [7, 11) is 1.65. The number of hydrogen-bond acceptors (Lipinski definition) is 6. The van der Waals surface area contributed by atoms with Gasteiger partial charge in [0.1, 0.15) is 11.4 Å². The van der Waals surface area contributed by atoms with Gasteiger partial charge in [0, 0.05) is 30.5 Å². The lowest BCUT2D eigenvalue weighted by atomic mass is 9.96. The van der Waals surface area contributed by atoms with Gasteiger partial charge < -0.3 is 20.8 Å². The van der Waals surface area contributed by atoms with Crippen LogP contribution in [0.1, 0.15) is 11.1 Å². The Labute approximate surface area is 198 Å². The van der Waals surface area contributed by atoms with Gasteiger partial charge in [-0.25, -0.2) is 5.84 Å². The van der Waals surface area contributed by atoms with E-state index in [0.29, 0.717) is 13.1 Å². The number of fused-ring (bicyclic) bond motifs is 1. The third kappa shape index (κ3) is 5.33. The molecule has 7 heteroatoms. The summed E-state index contributed by atoms with van der Waals surface area (Å²) in [4.78, 5) is 16.9. The molecule has 5 N–H and O–H groups in total. The van der Waals surface area contributed by atoms with Crippen LogP contribution in [-0.2, 0) is 17.9 Å². The Kier molecular flexibility index (Phi) is 7.05. The third-order valence-electron chi connectivity index (χ3n) is 5.50. The maximum Gasteiger partial charge on any atom is 0.268 e. The Morgan fingerprint density at radius 3 is 2.68 bits per heavy atom. The van der Waals surface area contributed by atoms with Gasteiger partial charge in [-0.15, -0.1) is 0 Å². The first-order valence-electron chi connectivity index (χ1n) is 10.9. The zero-order valence-corrected chi connectivity index (χ0v) is 18.9. The monoisotopic (exact) mass is 453 g/mol. The highest BCUT2D eigenvalue weighted by atomic mass is 16.5. The molecule has 1 aromatic heterocycles. The van der Waals surface area contributed by atoms with Crippen molar-refractivity contribution < 1.29 is 9.53 Å². The standard InChI is InChI=1S/C27H27N5O2/c1-34-22-9-5-8-20(14-22)23-11-10-21(25-16-30-13-12-24(23)25)15-31-27(33)26(28)18-32(29)17-19-6-3-2-4-7-19/h2-14,16,18H,15,17,28-29H2,1H3,(H,31,33)/b26-18-. The van der Waals surface area contributed by atoms with Crippen LogP contribution in [0.3, 0.4) is 0 Å². The van der Waals surface area contributed by atoms with Crippen molar-refractivity contribution in [3.05, 3.63) is 108 Å². The summed E-state index contributed by atoms with van der Waals surface area (Å²) < 4.78 is 5.37. The van der Waals surface area contributed by atoms with Gasteiger partial charge >= 0.3 is 0 Å². The predicted octanol–water partition coefficient (Wildman–Crippen LogP) is 3.70. The molecule has 0 aliphatic carbocycles. The number of carbonyl (C=O) groups excluding carboxylic acids is 1. The summed E-state index contributed by atoms with van der Waals surface area (Å²) >= 11 is 0. The zero-order valence-electron chi connectivity index (χ0n) is 18.9. The molecule has 4 aromatic rings. The molecule has 4 rings (SSSR count). The molecule has 3 aromatic carbocycles. The number of nitrogens with one attached hydrogen (secondary N) is 1. The van der Waals surface area contributed by atoms with Crippen LogP contribution in [0.25, 0.3) is 21.9 Å². The lowest BCUT2D eigenvalue weighted by Crippen LogP contribution is -2.32. The van der Waals surface area contributed by atoms with Crippen LogP contribution in [0.5, 0.6) is 5.75 Å². The number of aromatic nitrogens is 1. The number of benzene rings is 3. The molecule has 0 bridgehead atoms. The fraction of sp³-hybridized carbons (Fsp3) is 0.111. The highest BCUT2D eigenvalue weighted by molar-refractivity contribution is 5.98. The third-order valence-corrected chi connectivity index (χ3v) is 5.50. The van der Waals surface area contributed by atoms with Crippen LogP contribution >= 0.6 is 0 Å². The van der Waals surface area contributed by atoms with E-state index in [1.54, 1.807) is 19.5 Å². The van der Waals surface area contributed by atoms with Crippen molar-refractivity contribution in [2.24, 2.45) is 11.6 Å². The second-order valence-corrected chi connectivity index (χ2v) is 7.85. The largest absolute Gasteiger partial charge is 0.497 e. The average Bonchev–Trinajstić information content (AvgIpc) is 2.87. The van der Waals surface area contributed by atoms with E-state index < -0.39 is 5.91 Å². The van der Waals surface area contributed by atoms with Crippen molar-refractivity contribution in [1.29, 1.82) is 0 Å². The quantitative estimate of drug-likeness (QED) is 0.213. The van der Waals surface area contributed by atoms with E-state index in [0.717, 1.165) is 38.8 Å². The zero-order chi connectivity index (χ0) is 23.9. The number of amides is 1. The molecular weight excluding hydrogens is 426 g/mol. The SMILES string of the molecule is COc1cccc(-c2ccc(CNC(=O)/C(N)=C/N(N)Cc3ccccc3)c3cnccc23)c1. The molecule has 34 heavy (non-hydrogen) atoms. The maximum atomic E-state index is 12.6. The van der Waals surface area contributed by atoms with Gasteiger partial charge in [-0.2, -0.15) is 0 Å². The summed E-state index contributed by atoms with van der Waals surface area (Å²) in [5.41, 5.74) is 10.1. The van der Waals surface area contributed by atoms with Crippen molar-refractivity contribution >= 4 is 16.7 Å². The van der Waals surface area contributed by atoms with Gasteiger partial charge in [-0.3, -0.25) is 9.78 Å². The summed E-state index contributed by atoms with van der Waals surface area (Å²) in [6.45, 7) is 0.744. The summed E-state index contributed by atoms with van der Waals surface area (Å²) in [6.07, 6.45) is 5.01. The van der Waals surface area contributed by atoms with Crippen molar-refractivity contribution in [2.75, 3.05) is 7.11 Å². The number of nitrogens with two attached hydrogens (primary N) is 2. The number of ether oxygens (including phenoxy) is 1. The van der Waals surface area contributed by atoms with E-state index in [2.05, 4.69) is 10.3 Å². The predicted molar refractivity (Wildman–Crippen MR) is 134 cm³/mol. The van der Waals surface area contributed by atoms with Crippen molar-refractivity contribution in [3.63, 3.8) is 0 Å². The lowest BCUT2D eigenvalue weighted by molar-refractivity contribution is -0.117. The highest BCUT2D eigenvalue weighted by Crippen LogP contribution is 2.32. The molecule has 0 saturated carbocycles. The van der Waals surface area contributed by atoms with Crippen LogP contribution in [0.15, 0.2) is 97.1 Å². The lowest BCUT2D eigenvalue weighted by Gasteiger charge is -2.15. The van der Waals surface area contributed by atoms with Crippen molar-refractivity contribution in [1.82, 2.24) is 15.3 Å². The van der Waals surface area contributed by atoms with Crippen LogP contribution in [-0.4, -0.2) is 23.0 Å². The van der Waals surface area contributed by atoms with E-state index in [1.165, 1.54) is 11.2 Å². The van der Waals surface area contributed by atoms with Crippen LogP contribution < -0.4 is 21.6 Å². The topological polar surface area (TPSA) is 106 Å². The first kappa shape index (κ1) is 22.8. The van der Waals surface area contributed by atoms with E-state index in [9.17, 15) is 4.79 Å². The summed E-state index contributed by atoms with van der Waals surface area (Å²) in [6, 6.07) is 23.6.